The number of amidine groups is 1. The molecule has 0 heterocycles. The van der Waals surface area contributed by atoms with E-state index in [1.807, 2.05) is 0 Å². The molecule has 1 aromatic rings. The van der Waals surface area contributed by atoms with Crippen LogP contribution in [0.4, 0.5) is 5.69 Å². The minimum absolute atomic E-state index is 0.0888. The number of hydrazone groups is 1. The molecule has 0 atom stereocenters. The van der Waals surface area contributed by atoms with Crippen LogP contribution in [0.15, 0.2) is 46.9 Å². The molecule has 0 amide bonds. The van der Waals surface area contributed by atoms with Gasteiger partial charge in [0.1, 0.15) is 6.07 Å². The third kappa shape index (κ3) is 4.72. The second-order valence-corrected chi connectivity index (χ2v) is 5.53. The van der Waals surface area contributed by atoms with Crippen molar-refractivity contribution in [2.75, 3.05) is 12.0 Å². The topological polar surface area (TPSA) is 144 Å². The van der Waals surface area contributed by atoms with Gasteiger partial charge in [-0.3, -0.25) is 10.8 Å². The molecule has 0 fully saturated rings. The Kier molecular flexibility index (Phi) is 5.59. The van der Waals surface area contributed by atoms with Crippen LogP contribution in [0.5, 0.6) is 0 Å². The molecule has 0 unspecified atom stereocenters. The summed E-state index contributed by atoms with van der Waals surface area (Å²) in [6.45, 7) is 3.56. The smallest absolute Gasteiger partial charge is 0.240 e. The standard InChI is InChI=1S/C12H14N6O2S/c1-2-7-16-21(19,20)10-5-3-9(4-6-10)17-18-11(8-13)12(14)15/h2-6,16-17H,1,7H2,(H3,14,15)/b18-11+. The highest BCUT2D eigenvalue weighted by molar-refractivity contribution is 7.89. The zero-order valence-electron chi connectivity index (χ0n) is 11.0. The average molecular weight is 306 g/mol. The fraction of sp³-hybridized carbons (Fsp3) is 0.0833. The van der Waals surface area contributed by atoms with Crippen LogP contribution in [0, 0.1) is 16.7 Å². The van der Waals surface area contributed by atoms with E-state index in [0.717, 1.165) is 0 Å². The van der Waals surface area contributed by atoms with Gasteiger partial charge in [-0.1, -0.05) is 6.08 Å². The zero-order valence-corrected chi connectivity index (χ0v) is 11.8. The number of nitrogens with one attached hydrogen (secondary N) is 3. The van der Waals surface area contributed by atoms with Crippen LogP contribution in [0.2, 0.25) is 0 Å². The number of sulfonamides is 1. The van der Waals surface area contributed by atoms with E-state index in [-0.39, 0.29) is 17.2 Å². The van der Waals surface area contributed by atoms with Crippen LogP contribution < -0.4 is 15.9 Å². The van der Waals surface area contributed by atoms with Crippen LogP contribution in [-0.2, 0) is 10.0 Å². The number of hydrogen-bond donors (Lipinski definition) is 4. The maximum atomic E-state index is 11.8. The van der Waals surface area contributed by atoms with Crippen molar-refractivity contribution < 1.29 is 8.42 Å². The van der Waals surface area contributed by atoms with Crippen molar-refractivity contribution in [1.29, 1.82) is 10.7 Å². The summed E-state index contributed by atoms with van der Waals surface area (Å²) in [7, 11) is -3.58. The lowest BCUT2D eigenvalue weighted by atomic mass is 10.3. The van der Waals surface area contributed by atoms with Gasteiger partial charge in [0.25, 0.3) is 0 Å². The summed E-state index contributed by atoms with van der Waals surface area (Å²) in [5.41, 5.74) is 7.83. The molecular formula is C12H14N6O2S. The van der Waals surface area contributed by atoms with Crippen LogP contribution in [0.1, 0.15) is 0 Å². The minimum atomic E-state index is -3.58. The molecule has 0 aromatic heterocycles. The Morgan fingerprint density at radius 2 is 2.10 bits per heavy atom. The molecule has 9 heteroatoms. The van der Waals surface area contributed by atoms with Crippen LogP contribution >= 0.6 is 0 Å². The zero-order chi connectivity index (χ0) is 15.9. The van der Waals surface area contributed by atoms with Gasteiger partial charge in [0.05, 0.1) is 10.6 Å². The summed E-state index contributed by atoms with van der Waals surface area (Å²) >= 11 is 0. The first-order chi connectivity index (χ1) is 9.90. The van der Waals surface area contributed by atoms with Crippen molar-refractivity contribution >= 4 is 27.3 Å². The first kappa shape index (κ1) is 16.4. The van der Waals surface area contributed by atoms with Gasteiger partial charge < -0.3 is 5.73 Å². The van der Waals surface area contributed by atoms with Crippen LogP contribution in [0.3, 0.4) is 0 Å². The van der Waals surface area contributed by atoms with Crippen molar-refractivity contribution in [2.24, 2.45) is 10.8 Å². The Morgan fingerprint density at radius 1 is 1.48 bits per heavy atom. The van der Waals surface area contributed by atoms with E-state index in [0.29, 0.717) is 5.69 Å². The van der Waals surface area contributed by atoms with Crippen molar-refractivity contribution in [2.45, 2.75) is 4.90 Å². The Hall–Kier alpha value is -2.70. The van der Waals surface area contributed by atoms with E-state index in [9.17, 15) is 8.42 Å². The second kappa shape index (κ2) is 7.18. The van der Waals surface area contributed by atoms with Crippen molar-refractivity contribution in [3.05, 3.63) is 36.9 Å². The number of nitrogens with zero attached hydrogens (tertiary/aromatic N) is 2. The molecule has 0 spiro atoms. The summed E-state index contributed by atoms with van der Waals surface area (Å²) in [6, 6.07) is 7.36. The number of hydrogen-bond acceptors (Lipinski definition) is 6. The number of benzene rings is 1. The van der Waals surface area contributed by atoms with E-state index in [1.54, 1.807) is 6.07 Å². The molecule has 0 aliphatic rings. The average Bonchev–Trinajstić information content (AvgIpc) is 2.46. The maximum absolute atomic E-state index is 11.8. The molecular weight excluding hydrogens is 292 g/mol. The Morgan fingerprint density at radius 3 is 2.57 bits per heavy atom. The lowest BCUT2D eigenvalue weighted by molar-refractivity contribution is 0.585. The normalized spacial score (nSPS) is 11.5. The predicted molar refractivity (Wildman–Crippen MR) is 80.4 cm³/mol. The van der Waals surface area contributed by atoms with E-state index >= 15 is 0 Å². The SMILES string of the molecule is C=CCNS(=O)(=O)c1ccc(N/N=C(\C#N)C(=N)N)cc1. The van der Waals surface area contributed by atoms with E-state index < -0.39 is 15.9 Å². The van der Waals surface area contributed by atoms with Gasteiger partial charge in [0, 0.05) is 6.54 Å². The molecule has 1 rings (SSSR count). The lowest BCUT2D eigenvalue weighted by Crippen LogP contribution is -2.23. The first-order valence-corrected chi connectivity index (χ1v) is 7.18. The third-order valence-corrected chi connectivity index (χ3v) is 3.68. The lowest BCUT2D eigenvalue weighted by Gasteiger charge is -2.06. The predicted octanol–water partition coefficient (Wildman–Crippen LogP) is 0.378. The second-order valence-electron chi connectivity index (χ2n) is 3.76. The number of anilines is 1. The fourth-order valence-corrected chi connectivity index (χ4v) is 2.22. The van der Waals surface area contributed by atoms with Crippen molar-refractivity contribution in [3.8, 4) is 6.07 Å². The summed E-state index contributed by atoms with van der Waals surface area (Å²) < 4.78 is 26.0. The third-order valence-electron chi connectivity index (χ3n) is 2.24. The van der Waals surface area contributed by atoms with Crippen LogP contribution in [0.25, 0.3) is 0 Å². The Bertz CT molecular complexity index is 700. The quantitative estimate of drug-likeness (QED) is 0.249. The maximum Gasteiger partial charge on any atom is 0.240 e. The summed E-state index contributed by atoms with van der Waals surface area (Å²) in [5.74, 6) is -0.460. The molecule has 110 valence electrons. The number of nitriles is 1. The van der Waals surface area contributed by atoms with Gasteiger partial charge in [-0.05, 0) is 24.3 Å². The fourth-order valence-electron chi connectivity index (χ4n) is 1.23. The molecule has 0 bridgehead atoms. The van der Waals surface area contributed by atoms with Crippen molar-refractivity contribution in [3.63, 3.8) is 0 Å². The molecule has 0 aliphatic carbocycles. The van der Waals surface area contributed by atoms with Gasteiger partial charge in [-0.25, -0.2) is 13.1 Å². The van der Waals surface area contributed by atoms with Gasteiger partial charge >= 0.3 is 0 Å². The van der Waals surface area contributed by atoms with E-state index in [4.69, 9.17) is 16.4 Å². The molecule has 5 N–H and O–H groups in total. The summed E-state index contributed by atoms with van der Waals surface area (Å²) in [6.07, 6.45) is 1.44. The molecule has 0 saturated heterocycles. The van der Waals surface area contributed by atoms with Crippen molar-refractivity contribution in [1.82, 2.24) is 4.72 Å². The number of rotatable bonds is 7. The molecule has 8 nitrogen and oxygen atoms in total. The highest BCUT2D eigenvalue weighted by atomic mass is 32.2. The highest BCUT2D eigenvalue weighted by Crippen LogP contribution is 2.13. The summed E-state index contributed by atoms with van der Waals surface area (Å²) in [5, 5.41) is 19.4. The Labute approximate surface area is 122 Å². The van der Waals surface area contributed by atoms with Gasteiger partial charge in [0.2, 0.25) is 15.7 Å². The molecule has 0 saturated carbocycles. The largest absolute Gasteiger partial charge is 0.382 e. The molecule has 0 radical (unpaired) electrons. The first-order valence-electron chi connectivity index (χ1n) is 5.69. The monoisotopic (exact) mass is 306 g/mol. The molecule has 1 aromatic carbocycles. The molecule has 0 aliphatic heterocycles. The van der Waals surface area contributed by atoms with Crippen LogP contribution in [-0.4, -0.2) is 26.5 Å². The minimum Gasteiger partial charge on any atom is -0.382 e. The van der Waals surface area contributed by atoms with Gasteiger partial charge in [-0.2, -0.15) is 10.4 Å². The van der Waals surface area contributed by atoms with Gasteiger partial charge in [-0.15, -0.1) is 6.58 Å². The van der Waals surface area contributed by atoms with Gasteiger partial charge in [0.15, 0.2) is 5.84 Å². The van der Waals surface area contributed by atoms with E-state index in [2.05, 4.69) is 21.8 Å². The highest BCUT2D eigenvalue weighted by Gasteiger charge is 2.12. The number of nitrogens with two attached hydrogens (primary N) is 1. The summed E-state index contributed by atoms with van der Waals surface area (Å²) in [4.78, 5) is 0.0888. The molecule has 21 heavy (non-hydrogen) atoms. The Balaban J connectivity index is 2.87. The van der Waals surface area contributed by atoms with E-state index in [1.165, 1.54) is 30.3 Å².